The molecule has 152 valence electrons. The zero-order valence-corrected chi connectivity index (χ0v) is 16.5. The number of amides is 2. The van der Waals surface area contributed by atoms with Crippen LogP contribution in [0, 0.1) is 11.7 Å². The highest BCUT2D eigenvalue weighted by atomic mass is 19.1. The van der Waals surface area contributed by atoms with E-state index >= 15 is 0 Å². The van der Waals surface area contributed by atoms with Crippen molar-refractivity contribution in [2.24, 2.45) is 5.92 Å². The predicted octanol–water partition coefficient (Wildman–Crippen LogP) is 2.79. The van der Waals surface area contributed by atoms with E-state index in [-0.39, 0.29) is 30.1 Å². The molecule has 1 atom stereocenters. The first-order valence-corrected chi connectivity index (χ1v) is 10.0. The van der Waals surface area contributed by atoms with Crippen LogP contribution in [0.2, 0.25) is 0 Å². The van der Waals surface area contributed by atoms with Gasteiger partial charge in [0.1, 0.15) is 5.82 Å². The second kappa shape index (κ2) is 7.95. The summed E-state index contributed by atoms with van der Waals surface area (Å²) in [6.07, 6.45) is 2.26. The van der Waals surface area contributed by atoms with Gasteiger partial charge in [-0.1, -0.05) is 36.4 Å². The van der Waals surface area contributed by atoms with Gasteiger partial charge in [-0.25, -0.2) is 4.39 Å². The van der Waals surface area contributed by atoms with Crippen LogP contribution in [0.4, 0.5) is 4.39 Å². The number of likely N-dealkylation sites (N-methyl/N-ethyl adjacent to an activating group) is 1. The number of nitrogens with zero attached hydrogens (tertiary/aromatic N) is 1. The van der Waals surface area contributed by atoms with E-state index in [1.165, 1.54) is 12.1 Å². The van der Waals surface area contributed by atoms with E-state index in [4.69, 9.17) is 4.74 Å². The highest BCUT2D eigenvalue weighted by Crippen LogP contribution is 2.33. The molecule has 1 heterocycles. The van der Waals surface area contributed by atoms with Crippen LogP contribution in [0.3, 0.4) is 0 Å². The van der Waals surface area contributed by atoms with Gasteiger partial charge in [0.25, 0.3) is 5.91 Å². The largest absolute Gasteiger partial charge is 0.361 e. The molecular weight excluding hydrogens is 371 g/mol. The number of carbonyl (C=O) groups is 2. The monoisotopic (exact) mass is 396 g/mol. The molecular formula is C23H25FN2O3. The minimum Gasteiger partial charge on any atom is -0.361 e. The molecule has 0 spiro atoms. The lowest BCUT2D eigenvalue weighted by molar-refractivity contribution is -0.166. The van der Waals surface area contributed by atoms with Gasteiger partial charge in [0, 0.05) is 25.9 Å². The van der Waals surface area contributed by atoms with Gasteiger partial charge in [0.2, 0.25) is 5.91 Å². The second-order valence-electron chi connectivity index (χ2n) is 7.84. The topological polar surface area (TPSA) is 58.6 Å². The Balaban J connectivity index is 1.54. The van der Waals surface area contributed by atoms with Crippen LogP contribution in [-0.4, -0.2) is 49.1 Å². The van der Waals surface area contributed by atoms with Crippen molar-refractivity contribution in [1.82, 2.24) is 10.2 Å². The maximum absolute atomic E-state index is 13.1. The molecule has 2 fully saturated rings. The highest BCUT2D eigenvalue weighted by Gasteiger charge is 2.46. The zero-order chi connectivity index (χ0) is 20.4. The lowest BCUT2D eigenvalue weighted by atomic mass is 9.90. The van der Waals surface area contributed by atoms with Crippen LogP contribution in [0.5, 0.6) is 0 Å². The van der Waals surface area contributed by atoms with Gasteiger partial charge in [0.05, 0.1) is 13.2 Å². The summed E-state index contributed by atoms with van der Waals surface area (Å²) in [7, 11) is 1.59. The second-order valence-corrected chi connectivity index (χ2v) is 7.84. The summed E-state index contributed by atoms with van der Waals surface area (Å²) >= 11 is 0. The Morgan fingerprint density at radius 1 is 1.10 bits per heavy atom. The normalized spacial score (nSPS) is 21.7. The Morgan fingerprint density at radius 2 is 1.72 bits per heavy atom. The van der Waals surface area contributed by atoms with Gasteiger partial charge in [-0.05, 0) is 41.7 Å². The molecule has 1 aliphatic carbocycles. The van der Waals surface area contributed by atoms with Crippen molar-refractivity contribution in [2.75, 3.05) is 26.7 Å². The molecule has 5 nitrogen and oxygen atoms in total. The van der Waals surface area contributed by atoms with Crippen LogP contribution in [0.15, 0.2) is 48.5 Å². The average molecular weight is 396 g/mol. The molecule has 0 radical (unpaired) electrons. The summed E-state index contributed by atoms with van der Waals surface area (Å²) < 4.78 is 19.1. The molecule has 1 N–H and O–H groups in total. The minimum absolute atomic E-state index is 0.116. The van der Waals surface area contributed by atoms with Gasteiger partial charge in [0.15, 0.2) is 5.60 Å². The maximum atomic E-state index is 13.1. The summed E-state index contributed by atoms with van der Waals surface area (Å²) in [5, 5.41) is 2.71. The standard InChI is InChI=1S/C23H25FN2O3/c1-25-22(28)23(15-26(12-13-29-23)21(27)19-6-7-19)14-16-2-4-17(5-3-16)18-8-10-20(24)11-9-18/h2-5,8-11,19H,6-7,12-15H2,1H3,(H,25,28). The van der Waals surface area contributed by atoms with Gasteiger partial charge in [-0.15, -0.1) is 0 Å². The van der Waals surface area contributed by atoms with Crippen molar-refractivity contribution in [3.05, 3.63) is 59.9 Å². The van der Waals surface area contributed by atoms with Crippen molar-refractivity contribution in [3.8, 4) is 11.1 Å². The third-order valence-corrected chi connectivity index (χ3v) is 5.69. The smallest absolute Gasteiger partial charge is 0.254 e. The lowest BCUT2D eigenvalue weighted by Crippen LogP contribution is -2.61. The van der Waals surface area contributed by atoms with E-state index < -0.39 is 5.60 Å². The van der Waals surface area contributed by atoms with Crippen LogP contribution in [0.1, 0.15) is 18.4 Å². The quantitative estimate of drug-likeness (QED) is 0.846. The minimum atomic E-state index is -1.09. The lowest BCUT2D eigenvalue weighted by Gasteiger charge is -2.41. The number of rotatable bonds is 5. The average Bonchev–Trinajstić information content (AvgIpc) is 3.59. The molecule has 2 aromatic carbocycles. The molecule has 1 aliphatic heterocycles. The number of benzene rings is 2. The van der Waals surface area contributed by atoms with Crippen molar-refractivity contribution in [3.63, 3.8) is 0 Å². The van der Waals surface area contributed by atoms with Gasteiger partial charge >= 0.3 is 0 Å². The van der Waals surface area contributed by atoms with E-state index in [1.807, 2.05) is 24.3 Å². The zero-order valence-electron chi connectivity index (χ0n) is 16.5. The highest BCUT2D eigenvalue weighted by molar-refractivity contribution is 5.88. The third-order valence-electron chi connectivity index (χ3n) is 5.69. The molecule has 2 amide bonds. The van der Waals surface area contributed by atoms with Crippen LogP contribution in [-0.2, 0) is 20.7 Å². The maximum Gasteiger partial charge on any atom is 0.254 e. The first-order chi connectivity index (χ1) is 14.0. The number of hydrogen-bond donors (Lipinski definition) is 1. The number of halogens is 1. The van der Waals surface area contributed by atoms with Crippen LogP contribution in [0.25, 0.3) is 11.1 Å². The Kier molecular flexibility index (Phi) is 5.37. The molecule has 1 saturated carbocycles. The van der Waals surface area contributed by atoms with Crippen LogP contribution < -0.4 is 5.32 Å². The molecule has 2 aliphatic rings. The van der Waals surface area contributed by atoms with E-state index in [2.05, 4.69) is 5.32 Å². The van der Waals surface area contributed by atoms with E-state index in [1.54, 1.807) is 24.1 Å². The third kappa shape index (κ3) is 4.17. The van der Waals surface area contributed by atoms with Crippen LogP contribution >= 0.6 is 0 Å². The molecule has 0 aromatic heterocycles. The number of hydrogen-bond acceptors (Lipinski definition) is 3. The summed E-state index contributed by atoms with van der Waals surface area (Å²) in [4.78, 5) is 27.1. The fraction of sp³-hybridized carbons (Fsp3) is 0.391. The number of carbonyl (C=O) groups excluding carboxylic acids is 2. The first-order valence-electron chi connectivity index (χ1n) is 10.0. The molecule has 1 unspecified atom stereocenters. The summed E-state index contributed by atoms with van der Waals surface area (Å²) in [6, 6.07) is 14.2. The van der Waals surface area contributed by atoms with Crippen molar-refractivity contribution in [2.45, 2.75) is 24.9 Å². The van der Waals surface area contributed by atoms with E-state index in [9.17, 15) is 14.0 Å². The summed E-state index contributed by atoms with van der Waals surface area (Å²) in [6.45, 7) is 1.14. The molecule has 6 heteroatoms. The Labute approximate surface area is 169 Å². The Hall–Kier alpha value is -2.73. The van der Waals surface area contributed by atoms with Gasteiger partial charge in [-0.3, -0.25) is 9.59 Å². The van der Waals surface area contributed by atoms with Crippen molar-refractivity contribution in [1.29, 1.82) is 0 Å². The molecule has 2 aromatic rings. The summed E-state index contributed by atoms with van der Waals surface area (Å²) in [5.74, 6) is -0.232. The fourth-order valence-electron chi connectivity index (χ4n) is 3.90. The van der Waals surface area contributed by atoms with Gasteiger partial charge in [-0.2, -0.15) is 0 Å². The first kappa shape index (κ1) is 19.6. The number of nitrogens with one attached hydrogen (secondary N) is 1. The number of ether oxygens (including phenoxy) is 1. The predicted molar refractivity (Wildman–Crippen MR) is 108 cm³/mol. The molecule has 0 bridgehead atoms. The van der Waals surface area contributed by atoms with E-state index in [0.717, 1.165) is 29.5 Å². The Bertz CT molecular complexity index is 893. The fourth-order valence-corrected chi connectivity index (χ4v) is 3.90. The van der Waals surface area contributed by atoms with Crippen molar-refractivity contribution < 1.29 is 18.7 Å². The molecule has 29 heavy (non-hydrogen) atoms. The molecule has 4 rings (SSSR count). The van der Waals surface area contributed by atoms with Crippen molar-refractivity contribution >= 4 is 11.8 Å². The number of morpholine rings is 1. The summed E-state index contributed by atoms with van der Waals surface area (Å²) in [5.41, 5.74) is 1.75. The van der Waals surface area contributed by atoms with E-state index in [0.29, 0.717) is 19.6 Å². The molecule has 1 saturated heterocycles. The SMILES string of the molecule is CNC(=O)C1(Cc2ccc(-c3ccc(F)cc3)cc2)CN(C(=O)C2CC2)CCO1. The Morgan fingerprint density at radius 3 is 2.31 bits per heavy atom. The van der Waals surface area contributed by atoms with Gasteiger partial charge < -0.3 is 15.0 Å².